The summed E-state index contributed by atoms with van der Waals surface area (Å²) in [4.78, 5) is 21.4. The SMILES string of the molecule is COC(=O)c1coc(S(=O)(=O)NCCCC(=O)O)c1. The molecule has 0 amide bonds. The molecule has 0 atom stereocenters. The van der Waals surface area contributed by atoms with Gasteiger partial charge in [0.05, 0.1) is 12.7 Å². The summed E-state index contributed by atoms with van der Waals surface area (Å²) in [6.45, 7) is -0.0388. The summed E-state index contributed by atoms with van der Waals surface area (Å²) in [5.41, 5.74) is -0.0200. The second-order valence-electron chi connectivity index (χ2n) is 3.54. The summed E-state index contributed by atoms with van der Waals surface area (Å²) in [6, 6.07) is 1.03. The molecule has 1 rings (SSSR count). The van der Waals surface area contributed by atoms with Crippen molar-refractivity contribution in [2.24, 2.45) is 0 Å². The van der Waals surface area contributed by atoms with Crippen LogP contribution in [0, 0.1) is 0 Å². The van der Waals surface area contributed by atoms with E-state index in [0.717, 1.165) is 19.4 Å². The van der Waals surface area contributed by atoms with Crippen LogP contribution in [0.2, 0.25) is 0 Å². The molecule has 0 unspecified atom stereocenters. The lowest BCUT2D eigenvalue weighted by Gasteiger charge is -2.02. The van der Waals surface area contributed by atoms with Crippen LogP contribution in [0.4, 0.5) is 0 Å². The second-order valence-corrected chi connectivity index (χ2v) is 5.24. The number of sulfonamides is 1. The molecule has 0 aliphatic carbocycles. The first-order valence-corrected chi connectivity index (χ1v) is 6.73. The Bertz CT molecular complexity index is 560. The zero-order valence-corrected chi connectivity index (χ0v) is 10.9. The zero-order valence-electron chi connectivity index (χ0n) is 10.1. The third-order valence-electron chi connectivity index (χ3n) is 2.12. The number of carboxylic acid groups (broad SMARTS) is 1. The van der Waals surface area contributed by atoms with E-state index in [2.05, 4.69) is 9.46 Å². The average molecular weight is 291 g/mol. The van der Waals surface area contributed by atoms with Gasteiger partial charge in [0.25, 0.3) is 10.0 Å². The van der Waals surface area contributed by atoms with Crippen molar-refractivity contribution < 1.29 is 32.3 Å². The number of aliphatic carboxylic acids is 1. The van der Waals surface area contributed by atoms with Gasteiger partial charge in [-0.05, 0) is 6.42 Å². The Kier molecular flexibility index (Phi) is 5.07. The molecule has 0 saturated carbocycles. The molecule has 0 fully saturated rings. The highest BCUT2D eigenvalue weighted by Crippen LogP contribution is 2.14. The molecule has 19 heavy (non-hydrogen) atoms. The largest absolute Gasteiger partial charge is 0.481 e. The molecule has 0 spiro atoms. The normalized spacial score (nSPS) is 11.2. The highest BCUT2D eigenvalue weighted by atomic mass is 32.2. The van der Waals surface area contributed by atoms with Crippen LogP contribution in [-0.2, 0) is 19.6 Å². The molecular formula is C10H13NO7S. The maximum atomic E-state index is 11.7. The van der Waals surface area contributed by atoms with E-state index in [1.54, 1.807) is 0 Å². The van der Waals surface area contributed by atoms with Crippen molar-refractivity contribution in [3.63, 3.8) is 0 Å². The zero-order chi connectivity index (χ0) is 14.5. The Hall–Kier alpha value is -1.87. The third-order valence-corrected chi connectivity index (χ3v) is 3.45. The maximum Gasteiger partial charge on any atom is 0.341 e. The van der Waals surface area contributed by atoms with Crippen LogP contribution < -0.4 is 4.72 Å². The number of hydrogen-bond donors (Lipinski definition) is 2. The van der Waals surface area contributed by atoms with Crippen molar-refractivity contribution in [2.75, 3.05) is 13.7 Å². The van der Waals surface area contributed by atoms with Crippen molar-refractivity contribution in [3.8, 4) is 0 Å². The summed E-state index contributed by atoms with van der Waals surface area (Å²) in [5.74, 6) is -1.72. The van der Waals surface area contributed by atoms with Gasteiger partial charge in [0.15, 0.2) is 0 Å². The molecule has 0 aliphatic rings. The minimum absolute atomic E-state index is 0.0200. The number of ether oxygens (including phenoxy) is 1. The van der Waals surface area contributed by atoms with E-state index < -0.39 is 27.1 Å². The topological polar surface area (TPSA) is 123 Å². The van der Waals surface area contributed by atoms with Crippen molar-refractivity contribution in [3.05, 3.63) is 17.9 Å². The number of furan rings is 1. The van der Waals surface area contributed by atoms with E-state index in [9.17, 15) is 18.0 Å². The minimum atomic E-state index is -3.90. The highest BCUT2D eigenvalue weighted by molar-refractivity contribution is 7.89. The first-order valence-electron chi connectivity index (χ1n) is 5.25. The molecule has 9 heteroatoms. The molecule has 2 N–H and O–H groups in total. The Balaban J connectivity index is 2.64. The smallest absolute Gasteiger partial charge is 0.341 e. The van der Waals surface area contributed by atoms with E-state index in [0.29, 0.717) is 0 Å². The van der Waals surface area contributed by atoms with Gasteiger partial charge in [-0.15, -0.1) is 0 Å². The number of esters is 1. The Labute approximate surface area is 109 Å². The number of carbonyl (C=O) groups is 2. The fourth-order valence-corrected chi connectivity index (χ4v) is 2.21. The van der Waals surface area contributed by atoms with Gasteiger partial charge in [0.2, 0.25) is 5.09 Å². The Morgan fingerprint density at radius 3 is 2.74 bits per heavy atom. The van der Waals surface area contributed by atoms with E-state index in [1.807, 2.05) is 0 Å². The lowest BCUT2D eigenvalue weighted by molar-refractivity contribution is -0.137. The number of rotatable bonds is 7. The van der Waals surface area contributed by atoms with Crippen LogP contribution in [-0.4, -0.2) is 39.1 Å². The van der Waals surface area contributed by atoms with Crippen LogP contribution in [0.25, 0.3) is 0 Å². The maximum absolute atomic E-state index is 11.7. The van der Waals surface area contributed by atoms with Crippen molar-refractivity contribution >= 4 is 22.0 Å². The first-order chi connectivity index (χ1) is 8.86. The monoisotopic (exact) mass is 291 g/mol. The predicted molar refractivity (Wildman–Crippen MR) is 62.1 cm³/mol. The molecule has 1 heterocycles. The fraction of sp³-hybridized carbons (Fsp3) is 0.400. The van der Waals surface area contributed by atoms with Crippen molar-refractivity contribution in [2.45, 2.75) is 17.9 Å². The molecule has 0 aliphatic heterocycles. The lowest BCUT2D eigenvalue weighted by atomic mass is 10.3. The Morgan fingerprint density at radius 1 is 1.47 bits per heavy atom. The molecule has 0 radical (unpaired) electrons. The molecule has 106 valence electrons. The number of nitrogens with one attached hydrogen (secondary N) is 1. The van der Waals surface area contributed by atoms with Gasteiger partial charge in [-0.1, -0.05) is 0 Å². The quantitative estimate of drug-likeness (QED) is 0.543. The summed E-state index contributed by atoms with van der Waals surface area (Å²) >= 11 is 0. The van der Waals surface area contributed by atoms with E-state index in [4.69, 9.17) is 9.52 Å². The van der Waals surface area contributed by atoms with Gasteiger partial charge in [-0.3, -0.25) is 4.79 Å². The number of methoxy groups -OCH3 is 1. The number of carboxylic acids is 1. The molecule has 8 nitrogen and oxygen atoms in total. The second kappa shape index (κ2) is 6.34. The highest BCUT2D eigenvalue weighted by Gasteiger charge is 2.20. The van der Waals surface area contributed by atoms with E-state index >= 15 is 0 Å². The van der Waals surface area contributed by atoms with Crippen LogP contribution in [0.1, 0.15) is 23.2 Å². The summed E-state index contributed by atoms with van der Waals surface area (Å²) < 4.78 is 34.7. The van der Waals surface area contributed by atoms with Gasteiger partial charge >= 0.3 is 11.9 Å². The van der Waals surface area contributed by atoms with Crippen LogP contribution in [0.5, 0.6) is 0 Å². The van der Waals surface area contributed by atoms with E-state index in [1.165, 1.54) is 0 Å². The summed E-state index contributed by atoms with van der Waals surface area (Å²) in [6.07, 6.45) is 0.977. The number of carbonyl (C=O) groups excluding carboxylic acids is 1. The molecule has 0 aromatic carbocycles. The van der Waals surface area contributed by atoms with Crippen molar-refractivity contribution in [1.29, 1.82) is 0 Å². The van der Waals surface area contributed by atoms with Gasteiger partial charge in [-0.25, -0.2) is 17.9 Å². The molecule has 1 aromatic rings. The average Bonchev–Trinajstić information content (AvgIpc) is 2.84. The van der Waals surface area contributed by atoms with Crippen molar-refractivity contribution in [1.82, 2.24) is 4.72 Å². The molecule has 0 bridgehead atoms. The minimum Gasteiger partial charge on any atom is -0.481 e. The first kappa shape index (κ1) is 15.2. The Morgan fingerprint density at radius 2 is 2.16 bits per heavy atom. The van der Waals surface area contributed by atoms with Crippen LogP contribution >= 0.6 is 0 Å². The number of hydrogen-bond acceptors (Lipinski definition) is 6. The summed E-state index contributed by atoms with van der Waals surface area (Å²) in [5, 5.41) is 7.98. The predicted octanol–water partition coefficient (Wildman–Crippen LogP) is 0.209. The molecular weight excluding hydrogens is 278 g/mol. The lowest BCUT2D eigenvalue weighted by Crippen LogP contribution is -2.24. The van der Waals surface area contributed by atoms with Crippen LogP contribution in [0.15, 0.2) is 21.8 Å². The molecule has 1 aromatic heterocycles. The van der Waals surface area contributed by atoms with E-state index in [-0.39, 0.29) is 24.9 Å². The summed E-state index contributed by atoms with van der Waals surface area (Å²) in [7, 11) is -2.74. The van der Waals surface area contributed by atoms with Gasteiger partial charge in [0.1, 0.15) is 6.26 Å². The fourth-order valence-electron chi connectivity index (χ4n) is 1.20. The molecule has 0 saturated heterocycles. The van der Waals surface area contributed by atoms with Gasteiger partial charge in [-0.2, -0.15) is 0 Å². The third kappa shape index (κ3) is 4.38. The standard InChI is InChI=1S/C10H13NO7S/c1-17-10(14)7-5-9(18-6-7)19(15,16)11-4-2-3-8(12)13/h5-6,11H,2-4H2,1H3,(H,12,13). The van der Waals surface area contributed by atoms with Gasteiger partial charge < -0.3 is 14.3 Å². The van der Waals surface area contributed by atoms with Gasteiger partial charge in [0, 0.05) is 19.0 Å². The van der Waals surface area contributed by atoms with Crippen LogP contribution in [0.3, 0.4) is 0 Å².